The van der Waals surface area contributed by atoms with E-state index in [0.29, 0.717) is 37.2 Å². The van der Waals surface area contributed by atoms with Crippen molar-refractivity contribution in [2.75, 3.05) is 36.4 Å². The molecular weight excluding hydrogens is 421 g/mol. The zero-order valence-corrected chi connectivity index (χ0v) is 17.6. The third kappa shape index (κ3) is 4.87. The molecule has 2 fully saturated rings. The average Bonchev–Trinajstić information content (AvgIpc) is 3.33. The van der Waals surface area contributed by atoms with Crippen molar-refractivity contribution in [2.24, 2.45) is 5.92 Å². The van der Waals surface area contributed by atoms with Crippen LogP contribution in [0.3, 0.4) is 0 Å². The Labute approximate surface area is 184 Å². The van der Waals surface area contributed by atoms with Crippen LogP contribution in [0, 0.1) is 5.92 Å². The highest BCUT2D eigenvalue weighted by Gasteiger charge is 2.33. The summed E-state index contributed by atoms with van der Waals surface area (Å²) in [5.74, 6) is -0.779. The van der Waals surface area contributed by atoms with E-state index < -0.39 is 11.7 Å². The first-order valence-electron chi connectivity index (χ1n) is 10.8. The minimum atomic E-state index is -4.48. The highest BCUT2D eigenvalue weighted by Crippen LogP contribution is 2.37. The Bertz CT molecular complexity index is 967. The molecule has 2 aliphatic rings. The number of halogens is 3. The molecule has 0 atom stereocenters. The van der Waals surface area contributed by atoms with E-state index in [2.05, 4.69) is 10.3 Å². The zero-order chi connectivity index (χ0) is 22.7. The van der Waals surface area contributed by atoms with Gasteiger partial charge in [0.05, 0.1) is 16.9 Å². The standard InChI is InChI=1S/C23H25F3N4O2/c24-23(25,26)18-3-4-20(29-11-1-2-12-29)19(15-18)28-21(31)16-7-13-30(14-8-16)22(32)17-5-9-27-10-6-17/h3-6,9-10,15-16H,1-2,7-8,11-14H2,(H,28,31). The van der Waals surface area contributed by atoms with Crippen LogP contribution >= 0.6 is 0 Å². The van der Waals surface area contributed by atoms with Gasteiger partial charge in [-0.2, -0.15) is 13.2 Å². The molecule has 0 aliphatic carbocycles. The summed E-state index contributed by atoms with van der Waals surface area (Å²) in [6.07, 6.45) is 1.49. The predicted molar refractivity (Wildman–Crippen MR) is 114 cm³/mol. The molecule has 0 radical (unpaired) electrons. The Kier molecular flexibility index (Phi) is 6.34. The number of hydrogen-bond acceptors (Lipinski definition) is 4. The molecule has 3 heterocycles. The van der Waals surface area contributed by atoms with E-state index in [4.69, 9.17) is 0 Å². The molecule has 9 heteroatoms. The highest BCUT2D eigenvalue weighted by molar-refractivity contribution is 5.97. The van der Waals surface area contributed by atoms with Crippen LogP contribution < -0.4 is 10.2 Å². The van der Waals surface area contributed by atoms with Crippen molar-refractivity contribution in [2.45, 2.75) is 31.9 Å². The first-order valence-corrected chi connectivity index (χ1v) is 10.8. The second-order valence-corrected chi connectivity index (χ2v) is 8.22. The zero-order valence-electron chi connectivity index (χ0n) is 17.6. The van der Waals surface area contributed by atoms with Crippen LogP contribution in [0.2, 0.25) is 0 Å². The van der Waals surface area contributed by atoms with Gasteiger partial charge in [0.2, 0.25) is 5.91 Å². The average molecular weight is 446 g/mol. The molecule has 6 nitrogen and oxygen atoms in total. The van der Waals surface area contributed by atoms with E-state index in [0.717, 1.165) is 38.1 Å². The van der Waals surface area contributed by atoms with Gasteiger partial charge >= 0.3 is 6.18 Å². The van der Waals surface area contributed by atoms with Crippen LogP contribution in [-0.2, 0) is 11.0 Å². The maximum absolute atomic E-state index is 13.3. The van der Waals surface area contributed by atoms with Crippen molar-refractivity contribution < 1.29 is 22.8 Å². The number of nitrogens with one attached hydrogen (secondary N) is 1. The summed E-state index contributed by atoms with van der Waals surface area (Å²) < 4.78 is 39.8. The third-order valence-corrected chi connectivity index (χ3v) is 6.11. The maximum Gasteiger partial charge on any atom is 0.416 e. The molecule has 170 valence electrons. The molecule has 32 heavy (non-hydrogen) atoms. The predicted octanol–water partition coefficient (Wildman–Crippen LogP) is 4.19. The van der Waals surface area contributed by atoms with E-state index in [1.54, 1.807) is 29.4 Å². The Morgan fingerprint density at radius 2 is 1.62 bits per heavy atom. The summed E-state index contributed by atoms with van der Waals surface area (Å²) >= 11 is 0. The fourth-order valence-electron chi connectivity index (χ4n) is 4.30. The monoisotopic (exact) mass is 446 g/mol. The van der Waals surface area contributed by atoms with Crippen LogP contribution in [0.25, 0.3) is 0 Å². The molecule has 2 aliphatic heterocycles. The van der Waals surface area contributed by atoms with Gasteiger partial charge in [0.1, 0.15) is 0 Å². The van der Waals surface area contributed by atoms with Gasteiger partial charge < -0.3 is 15.1 Å². The topological polar surface area (TPSA) is 65.5 Å². The molecule has 1 aromatic heterocycles. The number of likely N-dealkylation sites (tertiary alicyclic amines) is 1. The largest absolute Gasteiger partial charge is 0.416 e. The lowest BCUT2D eigenvalue weighted by molar-refractivity contribution is -0.137. The Morgan fingerprint density at radius 3 is 2.25 bits per heavy atom. The van der Waals surface area contributed by atoms with Crippen molar-refractivity contribution in [3.63, 3.8) is 0 Å². The number of carbonyl (C=O) groups excluding carboxylic acids is 2. The number of amides is 2. The fourth-order valence-corrected chi connectivity index (χ4v) is 4.30. The molecule has 0 spiro atoms. The first kappa shape index (κ1) is 22.1. The van der Waals surface area contributed by atoms with Crippen molar-refractivity contribution in [3.8, 4) is 0 Å². The number of anilines is 2. The smallest absolute Gasteiger partial charge is 0.370 e. The molecule has 0 saturated carbocycles. The molecule has 1 N–H and O–H groups in total. The number of nitrogens with zero attached hydrogens (tertiary/aromatic N) is 3. The van der Waals surface area contributed by atoms with Gasteiger partial charge in [0.15, 0.2) is 0 Å². The summed E-state index contributed by atoms with van der Waals surface area (Å²) in [5, 5.41) is 2.75. The quantitative estimate of drug-likeness (QED) is 0.765. The van der Waals surface area contributed by atoms with Gasteiger partial charge in [-0.1, -0.05) is 0 Å². The second-order valence-electron chi connectivity index (χ2n) is 8.22. The van der Waals surface area contributed by atoms with E-state index in [-0.39, 0.29) is 23.4 Å². The number of carbonyl (C=O) groups is 2. The van der Waals surface area contributed by atoms with Crippen molar-refractivity contribution in [1.29, 1.82) is 0 Å². The minimum Gasteiger partial charge on any atom is -0.370 e. The number of hydrogen-bond donors (Lipinski definition) is 1. The van der Waals surface area contributed by atoms with Gasteiger partial charge in [-0.3, -0.25) is 14.6 Å². The van der Waals surface area contributed by atoms with Gasteiger partial charge in [0, 0.05) is 50.1 Å². The van der Waals surface area contributed by atoms with Crippen molar-refractivity contribution in [1.82, 2.24) is 9.88 Å². The maximum atomic E-state index is 13.3. The number of benzene rings is 1. The Balaban J connectivity index is 1.44. The van der Waals surface area contributed by atoms with Crippen LogP contribution in [-0.4, -0.2) is 47.9 Å². The van der Waals surface area contributed by atoms with E-state index in [1.807, 2.05) is 4.90 Å². The third-order valence-electron chi connectivity index (χ3n) is 6.11. The summed E-state index contributed by atoms with van der Waals surface area (Å²) in [6.45, 7) is 2.34. The fraction of sp³-hybridized carbons (Fsp3) is 0.435. The molecule has 2 aromatic rings. The van der Waals surface area contributed by atoms with E-state index >= 15 is 0 Å². The molecule has 2 saturated heterocycles. The highest BCUT2D eigenvalue weighted by atomic mass is 19.4. The molecule has 1 aromatic carbocycles. The van der Waals surface area contributed by atoms with Crippen molar-refractivity contribution in [3.05, 3.63) is 53.9 Å². The normalized spacial score (nSPS) is 17.5. The molecule has 0 bridgehead atoms. The Hall–Kier alpha value is -3.10. The number of rotatable bonds is 4. The summed E-state index contributed by atoms with van der Waals surface area (Å²) in [4.78, 5) is 33.1. The van der Waals surface area contributed by atoms with Crippen LogP contribution in [0.15, 0.2) is 42.7 Å². The van der Waals surface area contributed by atoms with Crippen molar-refractivity contribution >= 4 is 23.2 Å². The van der Waals surface area contributed by atoms with Crippen LogP contribution in [0.1, 0.15) is 41.6 Å². The van der Waals surface area contributed by atoms with Crippen LogP contribution in [0.4, 0.5) is 24.5 Å². The molecule has 0 unspecified atom stereocenters. The number of aromatic nitrogens is 1. The molecule has 2 amide bonds. The SMILES string of the molecule is O=C(Nc1cc(C(F)(F)F)ccc1N1CCCC1)C1CCN(C(=O)c2ccncc2)CC1. The van der Waals surface area contributed by atoms with E-state index in [9.17, 15) is 22.8 Å². The van der Waals surface area contributed by atoms with Crippen LogP contribution in [0.5, 0.6) is 0 Å². The van der Waals surface area contributed by atoms with Gasteiger partial charge in [-0.05, 0) is 56.0 Å². The lowest BCUT2D eigenvalue weighted by Gasteiger charge is -2.32. The number of piperidine rings is 1. The number of pyridine rings is 1. The molecule has 4 rings (SSSR count). The van der Waals surface area contributed by atoms with Gasteiger partial charge in [0.25, 0.3) is 5.91 Å². The lowest BCUT2D eigenvalue weighted by Crippen LogP contribution is -2.41. The lowest BCUT2D eigenvalue weighted by atomic mass is 9.95. The summed E-state index contributed by atoms with van der Waals surface area (Å²) in [6, 6.07) is 6.82. The minimum absolute atomic E-state index is 0.111. The first-order chi connectivity index (χ1) is 15.3. The summed E-state index contributed by atoms with van der Waals surface area (Å²) in [7, 11) is 0. The van der Waals surface area contributed by atoms with Gasteiger partial charge in [-0.25, -0.2) is 0 Å². The number of alkyl halides is 3. The Morgan fingerprint density at radius 1 is 0.969 bits per heavy atom. The second kappa shape index (κ2) is 9.18. The van der Waals surface area contributed by atoms with E-state index in [1.165, 1.54) is 6.07 Å². The van der Waals surface area contributed by atoms with Gasteiger partial charge in [-0.15, -0.1) is 0 Å². The summed E-state index contributed by atoms with van der Waals surface area (Å²) in [5.41, 5.74) is 0.576. The molecular formula is C23H25F3N4O2.